The molecule has 1 aromatic rings. The van der Waals surface area contributed by atoms with Gasteiger partial charge in [0, 0.05) is 13.1 Å². The Morgan fingerprint density at radius 2 is 2.00 bits per heavy atom. The van der Waals surface area contributed by atoms with Crippen LogP contribution in [0.2, 0.25) is 5.15 Å². The highest BCUT2D eigenvalue weighted by Gasteiger charge is 2.32. The zero-order valence-corrected chi connectivity index (χ0v) is 10.0. The minimum absolute atomic E-state index is 0.124. The van der Waals surface area contributed by atoms with Crippen LogP contribution >= 0.6 is 11.6 Å². The van der Waals surface area contributed by atoms with Crippen LogP contribution in [0.4, 0.5) is 19.0 Å². The number of hydrogen-bond acceptors (Lipinski definition) is 2. The molecular weight excluding hydrogens is 253 g/mol. The Bertz CT molecular complexity index is 416. The Hall–Kier alpha value is -0.970. The van der Waals surface area contributed by atoms with E-state index in [1.165, 1.54) is 0 Å². The van der Waals surface area contributed by atoms with Crippen molar-refractivity contribution in [3.8, 4) is 0 Å². The van der Waals surface area contributed by atoms with Gasteiger partial charge in [-0.3, -0.25) is 0 Å². The van der Waals surface area contributed by atoms with E-state index in [0.717, 1.165) is 31.4 Å². The first-order valence-electron chi connectivity index (χ1n) is 5.35. The van der Waals surface area contributed by atoms with Crippen LogP contribution in [0.3, 0.4) is 0 Å². The summed E-state index contributed by atoms with van der Waals surface area (Å²) in [4.78, 5) is 5.71. The number of pyridine rings is 1. The van der Waals surface area contributed by atoms with Crippen LogP contribution < -0.4 is 4.90 Å². The van der Waals surface area contributed by atoms with E-state index in [1.807, 2.05) is 0 Å². The van der Waals surface area contributed by atoms with Crippen molar-refractivity contribution in [1.82, 2.24) is 4.98 Å². The average molecular weight is 265 g/mol. The molecule has 0 radical (unpaired) electrons. The number of alkyl halides is 3. The minimum atomic E-state index is -4.39. The molecule has 0 spiro atoms. The number of nitrogens with zero attached hydrogens (tertiary/aromatic N) is 2. The van der Waals surface area contributed by atoms with Crippen LogP contribution in [0, 0.1) is 0 Å². The molecule has 0 amide bonds. The van der Waals surface area contributed by atoms with Crippen molar-refractivity contribution in [1.29, 1.82) is 0 Å². The molecule has 0 atom stereocenters. The summed E-state index contributed by atoms with van der Waals surface area (Å²) in [5, 5.41) is -0.124. The van der Waals surface area contributed by atoms with E-state index in [9.17, 15) is 13.2 Å². The zero-order chi connectivity index (χ0) is 12.6. The van der Waals surface area contributed by atoms with Crippen molar-refractivity contribution in [3.05, 3.63) is 22.8 Å². The molecule has 94 valence electrons. The maximum atomic E-state index is 12.6. The van der Waals surface area contributed by atoms with Crippen molar-refractivity contribution in [2.45, 2.75) is 31.5 Å². The monoisotopic (exact) mass is 264 g/mol. The van der Waals surface area contributed by atoms with Gasteiger partial charge in [0.25, 0.3) is 0 Å². The topological polar surface area (TPSA) is 16.1 Å². The Balaban J connectivity index is 2.30. The lowest BCUT2D eigenvalue weighted by molar-refractivity contribution is -0.137. The van der Waals surface area contributed by atoms with Crippen LogP contribution in [0.25, 0.3) is 0 Å². The maximum Gasteiger partial charge on any atom is 0.416 e. The predicted molar refractivity (Wildman–Crippen MR) is 60.3 cm³/mol. The van der Waals surface area contributed by atoms with E-state index in [4.69, 9.17) is 11.6 Å². The Kier molecular flexibility index (Phi) is 3.21. The van der Waals surface area contributed by atoms with Crippen LogP contribution in [-0.4, -0.2) is 18.1 Å². The van der Waals surface area contributed by atoms with Crippen molar-refractivity contribution in [3.63, 3.8) is 0 Å². The molecule has 1 aromatic heterocycles. The lowest BCUT2D eigenvalue weighted by Crippen LogP contribution is -2.37. The van der Waals surface area contributed by atoms with Gasteiger partial charge in [0.15, 0.2) is 0 Å². The van der Waals surface area contributed by atoms with Gasteiger partial charge in [-0.05, 0) is 31.4 Å². The number of aromatic nitrogens is 1. The quantitative estimate of drug-likeness (QED) is 0.757. The van der Waals surface area contributed by atoms with Crippen molar-refractivity contribution in [2.24, 2.45) is 0 Å². The fourth-order valence-corrected chi connectivity index (χ4v) is 1.99. The van der Waals surface area contributed by atoms with Crippen LogP contribution in [0.1, 0.15) is 24.8 Å². The summed E-state index contributed by atoms with van der Waals surface area (Å²) in [5.74, 6) is 0.287. The summed E-state index contributed by atoms with van der Waals surface area (Å²) in [6.07, 6.45) is -1.29. The molecule has 17 heavy (non-hydrogen) atoms. The largest absolute Gasteiger partial charge is 0.416 e. The Morgan fingerprint density at radius 1 is 1.35 bits per heavy atom. The second kappa shape index (κ2) is 4.37. The van der Waals surface area contributed by atoms with Gasteiger partial charge < -0.3 is 4.90 Å². The molecule has 2 nitrogen and oxygen atoms in total. The minimum Gasteiger partial charge on any atom is -0.357 e. The van der Waals surface area contributed by atoms with Crippen LogP contribution in [0.5, 0.6) is 0 Å². The molecule has 0 N–H and O–H groups in total. The van der Waals surface area contributed by atoms with Gasteiger partial charge in [-0.25, -0.2) is 4.98 Å². The third-order valence-corrected chi connectivity index (χ3v) is 3.29. The molecule has 1 heterocycles. The van der Waals surface area contributed by atoms with Crippen molar-refractivity contribution >= 4 is 17.4 Å². The van der Waals surface area contributed by atoms with E-state index in [-0.39, 0.29) is 17.0 Å². The van der Waals surface area contributed by atoms with Crippen molar-refractivity contribution < 1.29 is 13.2 Å². The van der Waals surface area contributed by atoms with Gasteiger partial charge in [0.2, 0.25) is 0 Å². The summed E-state index contributed by atoms with van der Waals surface area (Å²) in [5.41, 5.74) is -0.751. The summed E-state index contributed by atoms with van der Waals surface area (Å²) >= 11 is 5.63. The molecule has 1 aliphatic carbocycles. The molecule has 0 bridgehead atoms. The van der Waals surface area contributed by atoms with Gasteiger partial charge in [-0.15, -0.1) is 0 Å². The third kappa shape index (κ3) is 2.65. The normalized spacial score (nSPS) is 16.8. The Morgan fingerprint density at radius 3 is 2.47 bits per heavy atom. The molecular formula is C11H12ClF3N2. The zero-order valence-electron chi connectivity index (χ0n) is 9.26. The molecule has 0 unspecified atom stereocenters. The van der Waals surface area contributed by atoms with E-state index in [2.05, 4.69) is 4.98 Å². The van der Waals surface area contributed by atoms with Gasteiger partial charge in [0.1, 0.15) is 11.0 Å². The first-order chi connectivity index (χ1) is 7.88. The predicted octanol–water partition coefficient (Wildman–Crippen LogP) is 3.74. The molecule has 0 saturated heterocycles. The highest BCUT2D eigenvalue weighted by Crippen LogP contribution is 2.34. The molecule has 2 rings (SSSR count). The molecule has 1 aliphatic rings. The van der Waals surface area contributed by atoms with Crippen molar-refractivity contribution in [2.75, 3.05) is 11.9 Å². The number of hydrogen-bond donors (Lipinski definition) is 0. The summed E-state index contributed by atoms with van der Waals surface area (Å²) in [7, 11) is 1.75. The molecule has 1 saturated carbocycles. The second-order valence-electron chi connectivity index (χ2n) is 4.23. The van der Waals surface area contributed by atoms with Gasteiger partial charge >= 0.3 is 6.18 Å². The van der Waals surface area contributed by atoms with Crippen LogP contribution in [0.15, 0.2) is 12.1 Å². The van der Waals surface area contributed by atoms with Crippen LogP contribution in [-0.2, 0) is 6.18 Å². The highest BCUT2D eigenvalue weighted by atomic mass is 35.5. The number of anilines is 1. The van der Waals surface area contributed by atoms with E-state index in [1.54, 1.807) is 11.9 Å². The summed E-state index contributed by atoms with van der Waals surface area (Å²) in [6.45, 7) is 0. The lowest BCUT2D eigenvalue weighted by Gasteiger charge is -2.35. The number of rotatable bonds is 2. The van der Waals surface area contributed by atoms with E-state index >= 15 is 0 Å². The first kappa shape index (κ1) is 12.5. The number of halogens is 4. The summed E-state index contributed by atoms with van der Waals surface area (Å²) in [6, 6.07) is 2.17. The van der Waals surface area contributed by atoms with Gasteiger partial charge in [-0.1, -0.05) is 11.6 Å². The third-order valence-electron chi connectivity index (χ3n) is 3.09. The standard InChI is InChI=1S/C11H12ClF3N2/c1-17(8-3-2-4-8)10-6-7(11(13,14)15)5-9(12)16-10/h5-6,8H,2-4H2,1H3. The van der Waals surface area contributed by atoms with Gasteiger partial charge in [-0.2, -0.15) is 13.2 Å². The second-order valence-corrected chi connectivity index (χ2v) is 4.62. The molecule has 0 aromatic carbocycles. The average Bonchev–Trinajstić information content (AvgIpc) is 2.12. The van der Waals surface area contributed by atoms with Gasteiger partial charge in [0.05, 0.1) is 5.56 Å². The van der Waals surface area contributed by atoms with E-state index in [0.29, 0.717) is 0 Å². The SMILES string of the molecule is CN(c1cc(C(F)(F)F)cc(Cl)n1)C1CCC1. The summed E-state index contributed by atoms with van der Waals surface area (Å²) < 4.78 is 37.8. The maximum absolute atomic E-state index is 12.6. The smallest absolute Gasteiger partial charge is 0.357 e. The molecule has 1 fully saturated rings. The molecule has 6 heteroatoms. The van der Waals surface area contributed by atoms with E-state index < -0.39 is 11.7 Å². The fourth-order valence-electron chi connectivity index (χ4n) is 1.79. The molecule has 0 aliphatic heterocycles. The first-order valence-corrected chi connectivity index (χ1v) is 5.73. The Labute approximate surface area is 102 Å². The lowest BCUT2D eigenvalue weighted by atomic mass is 9.92. The highest BCUT2D eigenvalue weighted by molar-refractivity contribution is 6.29. The fraction of sp³-hybridized carbons (Fsp3) is 0.545.